The Balaban J connectivity index is 2.16. The van der Waals surface area contributed by atoms with Crippen LogP contribution in [0.4, 0.5) is 11.6 Å². The van der Waals surface area contributed by atoms with Gasteiger partial charge in [0.25, 0.3) is 0 Å². The monoisotopic (exact) mass is 222 g/mol. The first-order valence-corrected chi connectivity index (χ1v) is 5.44. The summed E-state index contributed by atoms with van der Waals surface area (Å²) in [5.74, 6) is 6.81. The molecule has 1 atom stereocenters. The standard InChI is InChI=1S/C10H18N6/c1-8-7-15(2)3-4-16(8)10-6-12-5-9(13-10)14-11/h5-6,8H,3-4,7,11H2,1-2H3,(H,13,14). The number of hydrogen-bond acceptors (Lipinski definition) is 6. The van der Waals surface area contributed by atoms with Gasteiger partial charge in [-0.15, -0.1) is 0 Å². The van der Waals surface area contributed by atoms with Gasteiger partial charge in [0, 0.05) is 25.7 Å². The molecular formula is C10H18N6. The predicted octanol–water partition coefficient (Wildman–Crippen LogP) is -0.0975. The summed E-state index contributed by atoms with van der Waals surface area (Å²) >= 11 is 0. The fourth-order valence-corrected chi connectivity index (χ4v) is 2.04. The number of hydrogen-bond donors (Lipinski definition) is 2. The Morgan fingerprint density at radius 3 is 2.94 bits per heavy atom. The van der Waals surface area contributed by atoms with Crippen molar-refractivity contribution < 1.29 is 0 Å². The number of likely N-dealkylation sites (N-methyl/N-ethyl adjacent to an activating group) is 1. The van der Waals surface area contributed by atoms with Gasteiger partial charge in [-0.1, -0.05) is 0 Å². The maximum absolute atomic E-state index is 5.33. The summed E-state index contributed by atoms with van der Waals surface area (Å²) in [6.45, 7) is 5.26. The van der Waals surface area contributed by atoms with Crippen molar-refractivity contribution in [3.63, 3.8) is 0 Å². The number of rotatable bonds is 2. The van der Waals surface area contributed by atoms with Crippen molar-refractivity contribution in [1.29, 1.82) is 0 Å². The second kappa shape index (κ2) is 4.63. The van der Waals surface area contributed by atoms with E-state index in [9.17, 15) is 0 Å². The lowest BCUT2D eigenvalue weighted by molar-refractivity contribution is 0.274. The number of aromatic nitrogens is 2. The van der Waals surface area contributed by atoms with E-state index in [1.165, 1.54) is 0 Å². The fraction of sp³-hybridized carbons (Fsp3) is 0.600. The number of nitrogens with two attached hydrogens (primary N) is 1. The molecule has 0 aliphatic carbocycles. The highest BCUT2D eigenvalue weighted by atomic mass is 15.3. The van der Waals surface area contributed by atoms with E-state index in [0.29, 0.717) is 11.9 Å². The SMILES string of the molecule is CC1CN(C)CCN1c1cncc(NN)n1. The van der Waals surface area contributed by atoms with Crippen LogP contribution in [0.25, 0.3) is 0 Å². The summed E-state index contributed by atoms with van der Waals surface area (Å²) in [6, 6.07) is 0.445. The number of anilines is 2. The topological polar surface area (TPSA) is 70.3 Å². The lowest BCUT2D eigenvalue weighted by atomic mass is 10.2. The molecule has 1 aromatic heterocycles. The number of hydrazine groups is 1. The maximum Gasteiger partial charge on any atom is 0.160 e. The molecule has 0 radical (unpaired) electrons. The molecule has 3 N–H and O–H groups in total. The minimum Gasteiger partial charge on any atom is -0.350 e. The lowest BCUT2D eigenvalue weighted by Crippen LogP contribution is -2.50. The van der Waals surface area contributed by atoms with Gasteiger partial charge in [-0.3, -0.25) is 4.98 Å². The van der Waals surface area contributed by atoms with E-state index >= 15 is 0 Å². The molecule has 1 unspecified atom stereocenters. The zero-order valence-electron chi connectivity index (χ0n) is 9.72. The van der Waals surface area contributed by atoms with Crippen LogP contribution in [0.2, 0.25) is 0 Å². The van der Waals surface area contributed by atoms with Crippen molar-refractivity contribution in [3.8, 4) is 0 Å². The zero-order valence-corrected chi connectivity index (χ0v) is 9.72. The molecule has 6 nitrogen and oxygen atoms in total. The van der Waals surface area contributed by atoms with Crippen molar-refractivity contribution in [3.05, 3.63) is 12.4 Å². The third kappa shape index (κ3) is 2.23. The highest BCUT2D eigenvalue weighted by Gasteiger charge is 2.22. The Labute approximate surface area is 95.4 Å². The van der Waals surface area contributed by atoms with E-state index in [1.54, 1.807) is 12.4 Å². The van der Waals surface area contributed by atoms with Gasteiger partial charge in [-0.25, -0.2) is 10.8 Å². The minimum atomic E-state index is 0.445. The second-order valence-corrected chi connectivity index (χ2v) is 4.21. The summed E-state index contributed by atoms with van der Waals surface area (Å²) in [5, 5.41) is 0. The van der Waals surface area contributed by atoms with Crippen LogP contribution in [0.15, 0.2) is 12.4 Å². The highest BCUT2D eigenvalue weighted by molar-refractivity contribution is 5.44. The Morgan fingerprint density at radius 1 is 1.44 bits per heavy atom. The van der Waals surface area contributed by atoms with Gasteiger partial charge in [0.15, 0.2) is 5.82 Å². The van der Waals surface area contributed by atoms with Gasteiger partial charge in [-0.2, -0.15) is 0 Å². The molecule has 0 aromatic carbocycles. The third-order valence-electron chi connectivity index (χ3n) is 2.89. The molecule has 6 heteroatoms. The predicted molar refractivity (Wildman–Crippen MR) is 64.1 cm³/mol. The van der Waals surface area contributed by atoms with Crippen LogP contribution in [0.1, 0.15) is 6.92 Å². The van der Waals surface area contributed by atoms with Crippen molar-refractivity contribution in [2.75, 3.05) is 37.0 Å². The maximum atomic E-state index is 5.33. The molecular weight excluding hydrogens is 204 g/mol. The van der Waals surface area contributed by atoms with Crippen molar-refractivity contribution in [2.24, 2.45) is 5.84 Å². The van der Waals surface area contributed by atoms with Crippen LogP contribution >= 0.6 is 0 Å². The first-order valence-electron chi connectivity index (χ1n) is 5.44. The molecule has 1 aliphatic rings. The smallest absolute Gasteiger partial charge is 0.160 e. The number of piperazine rings is 1. The lowest BCUT2D eigenvalue weighted by Gasteiger charge is -2.38. The second-order valence-electron chi connectivity index (χ2n) is 4.21. The van der Waals surface area contributed by atoms with Crippen LogP contribution < -0.4 is 16.2 Å². The van der Waals surface area contributed by atoms with Gasteiger partial charge in [-0.05, 0) is 14.0 Å². The average Bonchev–Trinajstić information content (AvgIpc) is 2.29. The molecule has 1 aromatic rings. The van der Waals surface area contributed by atoms with E-state index in [4.69, 9.17) is 5.84 Å². The number of nitrogen functional groups attached to an aromatic ring is 1. The van der Waals surface area contributed by atoms with Gasteiger partial charge in [0.1, 0.15) is 5.82 Å². The molecule has 2 heterocycles. The summed E-state index contributed by atoms with van der Waals surface area (Å²) < 4.78 is 0. The Kier molecular flexibility index (Phi) is 3.21. The van der Waals surface area contributed by atoms with Gasteiger partial charge < -0.3 is 15.2 Å². The quantitative estimate of drug-likeness (QED) is 0.538. The van der Waals surface area contributed by atoms with Gasteiger partial charge in [0.2, 0.25) is 0 Å². The van der Waals surface area contributed by atoms with E-state index in [-0.39, 0.29) is 0 Å². The molecule has 1 saturated heterocycles. The summed E-state index contributed by atoms with van der Waals surface area (Å²) in [4.78, 5) is 13.1. The normalized spacial score (nSPS) is 22.2. The molecule has 0 spiro atoms. The Hall–Kier alpha value is -1.40. The third-order valence-corrected chi connectivity index (χ3v) is 2.89. The Bertz CT molecular complexity index is 355. The molecule has 2 rings (SSSR count). The largest absolute Gasteiger partial charge is 0.350 e. The molecule has 1 aliphatic heterocycles. The highest BCUT2D eigenvalue weighted by Crippen LogP contribution is 2.17. The van der Waals surface area contributed by atoms with Gasteiger partial charge in [0.05, 0.1) is 12.4 Å². The molecule has 1 fully saturated rings. The van der Waals surface area contributed by atoms with Gasteiger partial charge >= 0.3 is 0 Å². The molecule has 0 bridgehead atoms. The summed E-state index contributed by atoms with van der Waals surface area (Å²) in [5.41, 5.74) is 2.52. The van der Waals surface area contributed by atoms with E-state index in [2.05, 4.69) is 39.2 Å². The van der Waals surface area contributed by atoms with Crippen LogP contribution in [0.5, 0.6) is 0 Å². The number of nitrogens with zero attached hydrogens (tertiary/aromatic N) is 4. The van der Waals surface area contributed by atoms with Crippen molar-refractivity contribution in [1.82, 2.24) is 14.9 Å². The average molecular weight is 222 g/mol. The van der Waals surface area contributed by atoms with Crippen LogP contribution in [-0.4, -0.2) is 47.6 Å². The minimum absolute atomic E-state index is 0.445. The fourth-order valence-electron chi connectivity index (χ4n) is 2.04. The molecule has 0 saturated carbocycles. The van der Waals surface area contributed by atoms with Crippen LogP contribution in [-0.2, 0) is 0 Å². The van der Waals surface area contributed by atoms with E-state index in [0.717, 1.165) is 25.5 Å². The molecule has 88 valence electrons. The summed E-state index contributed by atoms with van der Waals surface area (Å²) in [6.07, 6.45) is 3.40. The van der Waals surface area contributed by atoms with Crippen molar-refractivity contribution >= 4 is 11.6 Å². The molecule has 16 heavy (non-hydrogen) atoms. The van der Waals surface area contributed by atoms with Crippen LogP contribution in [0.3, 0.4) is 0 Å². The van der Waals surface area contributed by atoms with Crippen LogP contribution in [0, 0.1) is 0 Å². The van der Waals surface area contributed by atoms with E-state index < -0.39 is 0 Å². The molecule has 0 amide bonds. The zero-order chi connectivity index (χ0) is 11.5. The van der Waals surface area contributed by atoms with Crippen molar-refractivity contribution in [2.45, 2.75) is 13.0 Å². The Morgan fingerprint density at radius 2 is 2.25 bits per heavy atom. The first-order chi connectivity index (χ1) is 7.70. The first kappa shape index (κ1) is 11.1. The van der Waals surface area contributed by atoms with E-state index in [1.807, 2.05) is 0 Å². The summed E-state index contributed by atoms with van der Waals surface area (Å²) in [7, 11) is 2.14. The number of nitrogens with one attached hydrogen (secondary N) is 1.